The van der Waals surface area contributed by atoms with Crippen LogP contribution in [-0.4, -0.2) is 18.0 Å². The van der Waals surface area contributed by atoms with Gasteiger partial charge in [0, 0.05) is 23.4 Å². The van der Waals surface area contributed by atoms with Gasteiger partial charge in [-0.15, -0.1) is 0 Å². The molecule has 0 aliphatic carbocycles. The quantitative estimate of drug-likeness (QED) is 0.643. The smallest absolute Gasteiger partial charge is 0.253 e. The SMILES string of the molecule is COc1ccccc1Oc1ccc(CNC(=O)c2cncc(Br)c2)cc1. The molecule has 2 aromatic carbocycles. The molecule has 3 rings (SSSR count). The molecule has 0 spiro atoms. The second-order valence-corrected chi connectivity index (χ2v) is 6.39. The summed E-state index contributed by atoms with van der Waals surface area (Å²) in [5, 5.41) is 2.87. The Morgan fingerprint density at radius 3 is 2.50 bits per heavy atom. The summed E-state index contributed by atoms with van der Waals surface area (Å²) in [6.45, 7) is 0.417. The zero-order chi connectivity index (χ0) is 18.4. The molecule has 1 N–H and O–H groups in total. The Bertz CT molecular complexity index is 898. The first-order valence-electron chi connectivity index (χ1n) is 7.94. The zero-order valence-corrected chi connectivity index (χ0v) is 15.7. The van der Waals surface area contributed by atoms with Crippen molar-refractivity contribution in [3.63, 3.8) is 0 Å². The van der Waals surface area contributed by atoms with Gasteiger partial charge >= 0.3 is 0 Å². The van der Waals surface area contributed by atoms with E-state index in [1.165, 1.54) is 6.20 Å². The van der Waals surface area contributed by atoms with Crippen molar-refractivity contribution < 1.29 is 14.3 Å². The topological polar surface area (TPSA) is 60.5 Å². The Labute approximate surface area is 160 Å². The summed E-state index contributed by atoms with van der Waals surface area (Å²) < 4.78 is 11.9. The van der Waals surface area contributed by atoms with E-state index < -0.39 is 0 Å². The van der Waals surface area contributed by atoms with Crippen LogP contribution in [0.4, 0.5) is 0 Å². The van der Waals surface area contributed by atoms with E-state index in [1.807, 2.05) is 48.5 Å². The minimum atomic E-state index is -0.173. The number of para-hydroxylation sites is 2. The minimum Gasteiger partial charge on any atom is -0.493 e. The van der Waals surface area contributed by atoms with E-state index in [9.17, 15) is 4.79 Å². The van der Waals surface area contributed by atoms with Gasteiger partial charge in [0.15, 0.2) is 11.5 Å². The third-order valence-electron chi connectivity index (χ3n) is 3.64. The highest BCUT2D eigenvalue weighted by Gasteiger charge is 2.07. The molecule has 0 saturated heterocycles. The van der Waals surface area contributed by atoms with Crippen LogP contribution in [-0.2, 0) is 6.54 Å². The van der Waals surface area contributed by atoms with E-state index in [4.69, 9.17) is 9.47 Å². The molecule has 0 atom stereocenters. The molecule has 0 radical (unpaired) electrons. The van der Waals surface area contributed by atoms with Crippen LogP contribution in [0, 0.1) is 0 Å². The van der Waals surface area contributed by atoms with Gasteiger partial charge in [-0.25, -0.2) is 0 Å². The van der Waals surface area contributed by atoms with Crippen LogP contribution in [0.25, 0.3) is 0 Å². The van der Waals surface area contributed by atoms with Gasteiger partial charge in [0.05, 0.1) is 12.7 Å². The van der Waals surface area contributed by atoms with Crippen molar-refractivity contribution in [3.8, 4) is 17.2 Å². The van der Waals surface area contributed by atoms with Crippen molar-refractivity contribution in [2.45, 2.75) is 6.54 Å². The van der Waals surface area contributed by atoms with Gasteiger partial charge < -0.3 is 14.8 Å². The number of hydrogen-bond donors (Lipinski definition) is 1. The maximum atomic E-state index is 12.1. The third kappa shape index (κ3) is 4.61. The molecular weight excluding hydrogens is 396 g/mol. The Kier molecular flexibility index (Phi) is 5.86. The third-order valence-corrected chi connectivity index (χ3v) is 4.07. The van der Waals surface area contributed by atoms with Gasteiger partial charge in [-0.05, 0) is 51.8 Å². The summed E-state index contributed by atoms with van der Waals surface area (Å²) in [6.07, 6.45) is 3.17. The number of nitrogens with zero attached hydrogens (tertiary/aromatic N) is 1. The number of ether oxygens (including phenoxy) is 2. The molecule has 1 heterocycles. The van der Waals surface area contributed by atoms with E-state index >= 15 is 0 Å². The van der Waals surface area contributed by atoms with Gasteiger partial charge in [-0.3, -0.25) is 9.78 Å². The van der Waals surface area contributed by atoms with Gasteiger partial charge in [0.2, 0.25) is 0 Å². The van der Waals surface area contributed by atoms with Crippen LogP contribution in [0.3, 0.4) is 0 Å². The summed E-state index contributed by atoms with van der Waals surface area (Å²) in [7, 11) is 1.61. The number of halogens is 1. The molecule has 0 aliphatic heterocycles. The number of benzene rings is 2. The average molecular weight is 413 g/mol. The number of hydrogen-bond acceptors (Lipinski definition) is 4. The average Bonchev–Trinajstić information content (AvgIpc) is 2.67. The molecule has 1 aromatic heterocycles. The maximum absolute atomic E-state index is 12.1. The lowest BCUT2D eigenvalue weighted by Crippen LogP contribution is -2.22. The lowest BCUT2D eigenvalue weighted by Gasteiger charge is -2.10. The van der Waals surface area contributed by atoms with Gasteiger partial charge in [0.1, 0.15) is 5.75 Å². The molecule has 132 valence electrons. The molecule has 0 bridgehead atoms. The first-order valence-corrected chi connectivity index (χ1v) is 8.73. The molecular formula is C20H17BrN2O3. The van der Waals surface area contributed by atoms with Crippen molar-refractivity contribution in [2.75, 3.05) is 7.11 Å². The van der Waals surface area contributed by atoms with Crippen LogP contribution in [0.5, 0.6) is 17.2 Å². The van der Waals surface area contributed by atoms with Crippen LogP contribution < -0.4 is 14.8 Å². The number of aromatic nitrogens is 1. The lowest BCUT2D eigenvalue weighted by molar-refractivity contribution is 0.0950. The first kappa shape index (κ1) is 17.9. The van der Waals surface area contributed by atoms with Crippen molar-refractivity contribution in [1.82, 2.24) is 10.3 Å². The van der Waals surface area contributed by atoms with Crippen molar-refractivity contribution in [2.24, 2.45) is 0 Å². The van der Waals surface area contributed by atoms with E-state index in [0.717, 1.165) is 10.0 Å². The molecule has 3 aromatic rings. The summed E-state index contributed by atoms with van der Waals surface area (Å²) in [5.41, 5.74) is 1.48. The van der Waals surface area contributed by atoms with Crippen molar-refractivity contribution in [3.05, 3.63) is 82.6 Å². The van der Waals surface area contributed by atoms with Crippen LogP contribution in [0.15, 0.2) is 71.5 Å². The van der Waals surface area contributed by atoms with Crippen LogP contribution in [0.1, 0.15) is 15.9 Å². The number of pyridine rings is 1. The van der Waals surface area contributed by atoms with E-state index in [2.05, 4.69) is 26.2 Å². The predicted molar refractivity (Wildman–Crippen MR) is 103 cm³/mol. The Morgan fingerprint density at radius 1 is 1.08 bits per heavy atom. The normalized spacial score (nSPS) is 10.2. The number of methoxy groups -OCH3 is 1. The summed E-state index contributed by atoms with van der Waals surface area (Å²) >= 11 is 3.31. The number of rotatable bonds is 6. The van der Waals surface area contributed by atoms with E-state index in [1.54, 1.807) is 19.4 Å². The molecule has 0 unspecified atom stereocenters. The molecule has 0 saturated carbocycles. The number of carbonyl (C=O) groups excluding carboxylic acids is 1. The van der Waals surface area contributed by atoms with Gasteiger partial charge in [-0.2, -0.15) is 0 Å². The second-order valence-electron chi connectivity index (χ2n) is 5.47. The fourth-order valence-electron chi connectivity index (χ4n) is 2.33. The lowest BCUT2D eigenvalue weighted by atomic mass is 10.2. The molecule has 26 heavy (non-hydrogen) atoms. The predicted octanol–water partition coefficient (Wildman–Crippen LogP) is 4.58. The Hall–Kier alpha value is -2.86. The summed E-state index contributed by atoms with van der Waals surface area (Å²) in [6, 6.07) is 16.7. The van der Waals surface area contributed by atoms with Gasteiger partial charge in [0.25, 0.3) is 5.91 Å². The Balaban J connectivity index is 1.60. The van der Waals surface area contributed by atoms with Crippen LogP contribution in [0.2, 0.25) is 0 Å². The fourth-order valence-corrected chi connectivity index (χ4v) is 2.69. The number of nitrogens with one attached hydrogen (secondary N) is 1. The van der Waals surface area contributed by atoms with E-state index in [0.29, 0.717) is 29.4 Å². The van der Waals surface area contributed by atoms with Gasteiger partial charge in [-0.1, -0.05) is 24.3 Å². The second kappa shape index (κ2) is 8.49. The number of amides is 1. The standard InChI is InChI=1S/C20H17BrN2O3/c1-25-18-4-2-3-5-19(18)26-17-8-6-14(7-9-17)11-23-20(24)15-10-16(21)13-22-12-15/h2-10,12-13H,11H2,1H3,(H,23,24). The summed E-state index contributed by atoms with van der Waals surface area (Å²) in [5.74, 6) is 1.85. The van der Waals surface area contributed by atoms with Crippen LogP contribution >= 0.6 is 15.9 Å². The van der Waals surface area contributed by atoms with E-state index in [-0.39, 0.29) is 5.91 Å². The maximum Gasteiger partial charge on any atom is 0.253 e. The Morgan fingerprint density at radius 2 is 1.81 bits per heavy atom. The summed E-state index contributed by atoms with van der Waals surface area (Å²) in [4.78, 5) is 16.1. The highest BCUT2D eigenvalue weighted by molar-refractivity contribution is 9.10. The molecule has 0 fully saturated rings. The molecule has 0 aliphatic rings. The van der Waals surface area contributed by atoms with Crippen molar-refractivity contribution >= 4 is 21.8 Å². The molecule has 1 amide bonds. The first-order chi connectivity index (χ1) is 12.7. The molecule has 6 heteroatoms. The highest BCUT2D eigenvalue weighted by Crippen LogP contribution is 2.30. The monoisotopic (exact) mass is 412 g/mol. The minimum absolute atomic E-state index is 0.173. The number of carbonyl (C=O) groups is 1. The largest absolute Gasteiger partial charge is 0.493 e. The molecule has 5 nitrogen and oxygen atoms in total. The highest BCUT2D eigenvalue weighted by atomic mass is 79.9. The fraction of sp³-hybridized carbons (Fsp3) is 0.100. The van der Waals surface area contributed by atoms with Crippen molar-refractivity contribution in [1.29, 1.82) is 0 Å². The zero-order valence-electron chi connectivity index (χ0n) is 14.1.